The maximum atomic E-state index is 12.8. The van der Waals surface area contributed by atoms with Crippen LogP contribution in [0.1, 0.15) is 37.0 Å². The Labute approximate surface area is 106 Å². The van der Waals surface area contributed by atoms with Crippen LogP contribution in [0.25, 0.3) is 0 Å². The summed E-state index contributed by atoms with van der Waals surface area (Å²) in [5.74, 6) is -1.37. The molecule has 0 saturated heterocycles. The zero-order valence-corrected chi connectivity index (χ0v) is 10.7. The van der Waals surface area contributed by atoms with Crippen LogP contribution < -0.4 is 11.1 Å². The monoisotopic (exact) mass is 254 g/mol. The van der Waals surface area contributed by atoms with Crippen LogP contribution in [0.2, 0.25) is 0 Å². The number of carbonyl (C=O) groups excluding carboxylic acids is 1. The molecule has 0 spiro atoms. The van der Waals surface area contributed by atoms with Crippen LogP contribution in [0.4, 0.5) is 4.39 Å². The van der Waals surface area contributed by atoms with E-state index in [9.17, 15) is 14.3 Å². The van der Waals surface area contributed by atoms with Crippen molar-refractivity contribution in [3.05, 3.63) is 29.6 Å². The second-order valence-corrected chi connectivity index (χ2v) is 4.57. The molecule has 0 aromatic heterocycles. The number of nitrogens with two attached hydrogens (primary N) is 1. The minimum atomic E-state index is -0.579. The second kappa shape index (κ2) is 5.82. The Bertz CT molecular complexity index is 437. The third kappa shape index (κ3) is 3.43. The molecule has 0 aliphatic carbocycles. The lowest BCUT2D eigenvalue weighted by Crippen LogP contribution is -2.46. The van der Waals surface area contributed by atoms with Gasteiger partial charge < -0.3 is 16.2 Å². The van der Waals surface area contributed by atoms with Gasteiger partial charge in [0, 0.05) is 11.6 Å². The van der Waals surface area contributed by atoms with Gasteiger partial charge in [-0.2, -0.15) is 0 Å². The highest BCUT2D eigenvalue weighted by Gasteiger charge is 2.25. The van der Waals surface area contributed by atoms with E-state index in [1.165, 1.54) is 6.07 Å². The first kappa shape index (κ1) is 14.4. The Balaban J connectivity index is 2.87. The zero-order valence-electron chi connectivity index (χ0n) is 10.7. The lowest BCUT2D eigenvalue weighted by atomic mass is 9.94. The Morgan fingerprint density at radius 1 is 1.56 bits per heavy atom. The van der Waals surface area contributed by atoms with E-state index in [0.717, 1.165) is 18.6 Å². The van der Waals surface area contributed by atoms with E-state index in [1.54, 1.807) is 0 Å². The summed E-state index contributed by atoms with van der Waals surface area (Å²) in [6, 6.07) is 3.32. The average Bonchev–Trinajstić information content (AvgIpc) is 2.28. The molecular weight excluding hydrogens is 235 g/mol. The molecule has 0 bridgehead atoms. The van der Waals surface area contributed by atoms with Gasteiger partial charge in [-0.15, -0.1) is 0 Å². The molecule has 0 aliphatic rings. The average molecular weight is 254 g/mol. The highest BCUT2D eigenvalue weighted by atomic mass is 19.1. The first-order valence-corrected chi connectivity index (χ1v) is 5.93. The standard InChI is InChI=1S/C13H19FN2O2/c1-3-13(2,6-7-15)16-12(18)10-5-4-9(14)8-11(10)17/h4-5,8,17H,3,6-7,15H2,1-2H3,(H,16,18). The summed E-state index contributed by atoms with van der Waals surface area (Å²) in [5, 5.41) is 12.4. The summed E-state index contributed by atoms with van der Waals surface area (Å²) in [5.41, 5.74) is 5.14. The van der Waals surface area contributed by atoms with Crippen LogP contribution >= 0.6 is 0 Å². The number of carbonyl (C=O) groups is 1. The Hall–Kier alpha value is -1.62. The van der Waals surface area contributed by atoms with Gasteiger partial charge in [-0.3, -0.25) is 4.79 Å². The van der Waals surface area contributed by atoms with Gasteiger partial charge >= 0.3 is 0 Å². The summed E-state index contributed by atoms with van der Waals surface area (Å²) in [6.07, 6.45) is 1.36. The topological polar surface area (TPSA) is 75.3 Å². The molecule has 1 unspecified atom stereocenters. The van der Waals surface area contributed by atoms with Crippen molar-refractivity contribution in [2.75, 3.05) is 6.54 Å². The predicted molar refractivity (Wildman–Crippen MR) is 67.9 cm³/mol. The summed E-state index contributed by atoms with van der Waals surface area (Å²) in [4.78, 5) is 12.0. The molecule has 4 nitrogen and oxygen atoms in total. The van der Waals surface area contributed by atoms with Gasteiger partial charge in [-0.25, -0.2) is 4.39 Å². The molecule has 1 aromatic rings. The molecule has 4 N–H and O–H groups in total. The Kier molecular flexibility index (Phi) is 4.67. The number of hydrogen-bond acceptors (Lipinski definition) is 3. The zero-order chi connectivity index (χ0) is 13.8. The van der Waals surface area contributed by atoms with E-state index in [0.29, 0.717) is 13.0 Å². The van der Waals surface area contributed by atoms with Gasteiger partial charge in [0.1, 0.15) is 11.6 Å². The van der Waals surface area contributed by atoms with Crippen molar-refractivity contribution in [3.63, 3.8) is 0 Å². The molecule has 0 heterocycles. The number of hydrogen-bond donors (Lipinski definition) is 3. The third-order valence-corrected chi connectivity index (χ3v) is 3.10. The summed E-state index contributed by atoms with van der Waals surface area (Å²) in [7, 11) is 0. The smallest absolute Gasteiger partial charge is 0.255 e. The third-order valence-electron chi connectivity index (χ3n) is 3.10. The molecule has 18 heavy (non-hydrogen) atoms. The van der Waals surface area contributed by atoms with Crippen molar-refractivity contribution in [2.24, 2.45) is 5.73 Å². The fourth-order valence-electron chi connectivity index (χ4n) is 1.68. The maximum absolute atomic E-state index is 12.8. The minimum absolute atomic E-state index is 0.0631. The van der Waals surface area contributed by atoms with Crippen LogP contribution in [0.5, 0.6) is 5.75 Å². The number of halogens is 1. The van der Waals surface area contributed by atoms with Gasteiger partial charge in [0.2, 0.25) is 0 Å². The number of rotatable bonds is 5. The molecule has 0 saturated carbocycles. The van der Waals surface area contributed by atoms with E-state index < -0.39 is 17.3 Å². The van der Waals surface area contributed by atoms with Crippen LogP contribution in [-0.2, 0) is 0 Å². The van der Waals surface area contributed by atoms with Crippen LogP contribution in [0, 0.1) is 5.82 Å². The fraction of sp³-hybridized carbons (Fsp3) is 0.462. The second-order valence-electron chi connectivity index (χ2n) is 4.57. The van der Waals surface area contributed by atoms with Gasteiger partial charge in [-0.05, 0) is 38.4 Å². The van der Waals surface area contributed by atoms with Gasteiger partial charge in [0.15, 0.2) is 0 Å². The van der Waals surface area contributed by atoms with Crippen molar-refractivity contribution in [3.8, 4) is 5.75 Å². The number of nitrogens with one attached hydrogen (secondary N) is 1. The molecule has 5 heteroatoms. The van der Waals surface area contributed by atoms with E-state index in [1.807, 2.05) is 13.8 Å². The van der Waals surface area contributed by atoms with Crippen molar-refractivity contribution in [2.45, 2.75) is 32.2 Å². The fourth-order valence-corrected chi connectivity index (χ4v) is 1.68. The van der Waals surface area contributed by atoms with Crippen LogP contribution in [0.15, 0.2) is 18.2 Å². The molecule has 1 amide bonds. The van der Waals surface area contributed by atoms with Gasteiger partial charge in [0.05, 0.1) is 5.56 Å². The van der Waals surface area contributed by atoms with Gasteiger partial charge in [0.25, 0.3) is 5.91 Å². The van der Waals surface area contributed by atoms with Crippen molar-refractivity contribution in [1.82, 2.24) is 5.32 Å². The molecule has 1 rings (SSSR count). The lowest BCUT2D eigenvalue weighted by Gasteiger charge is -2.29. The minimum Gasteiger partial charge on any atom is -0.507 e. The number of phenols is 1. The first-order chi connectivity index (χ1) is 8.41. The highest BCUT2D eigenvalue weighted by molar-refractivity contribution is 5.97. The maximum Gasteiger partial charge on any atom is 0.255 e. The quantitative estimate of drug-likeness (QED) is 0.749. The van der Waals surface area contributed by atoms with Crippen LogP contribution in [-0.4, -0.2) is 23.1 Å². The van der Waals surface area contributed by atoms with Gasteiger partial charge in [-0.1, -0.05) is 6.92 Å². The number of aromatic hydroxyl groups is 1. The Morgan fingerprint density at radius 2 is 2.22 bits per heavy atom. The first-order valence-electron chi connectivity index (χ1n) is 5.93. The summed E-state index contributed by atoms with van der Waals surface area (Å²) in [6.45, 7) is 4.29. The van der Waals surface area contributed by atoms with E-state index >= 15 is 0 Å². The summed E-state index contributed by atoms with van der Waals surface area (Å²) < 4.78 is 12.8. The molecular formula is C13H19FN2O2. The SMILES string of the molecule is CCC(C)(CCN)NC(=O)c1ccc(F)cc1O. The molecule has 1 aromatic carbocycles. The predicted octanol–water partition coefficient (Wildman–Crippen LogP) is 1.78. The van der Waals surface area contributed by atoms with Crippen molar-refractivity contribution in [1.29, 1.82) is 0 Å². The number of phenolic OH excluding ortho intramolecular Hbond substituents is 1. The molecule has 0 aliphatic heterocycles. The van der Waals surface area contributed by atoms with E-state index in [2.05, 4.69) is 5.32 Å². The molecule has 0 fully saturated rings. The highest BCUT2D eigenvalue weighted by Crippen LogP contribution is 2.20. The molecule has 1 atom stereocenters. The normalized spacial score (nSPS) is 14.0. The lowest BCUT2D eigenvalue weighted by molar-refractivity contribution is 0.0897. The molecule has 100 valence electrons. The summed E-state index contributed by atoms with van der Waals surface area (Å²) >= 11 is 0. The number of benzene rings is 1. The van der Waals surface area contributed by atoms with Crippen molar-refractivity contribution < 1.29 is 14.3 Å². The number of amides is 1. The Morgan fingerprint density at radius 3 is 2.72 bits per heavy atom. The van der Waals surface area contributed by atoms with E-state index in [4.69, 9.17) is 5.73 Å². The van der Waals surface area contributed by atoms with Crippen LogP contribution in [0.3, 0.4) is 0 Å². The molecule has 0 radical (unpaired) electrons. The van der Waals surface area contributed by atoms with E-state index in [-0.39, 0.29) is 11.3 Å². The van der Waals surface area contributed by atoms with Crippen molar-refractivity contribution >= 4 is 5.91 Å². The largest absolute Gasteiger partial charge is 0.507 e.